The van der Waals surface area contributed by atoms with E-state index >= 15 is 0 Å². The van der Waals surface area contributed by atoms with Crippen molar-refractivity contribution in [1.82, 2.24) is 5.32 Å². The van der Waals surface area contributed by atoms with Crippen LogP contribution in [0.25, 0.3) is 0 Å². The van der Waals surface area contributed by atoms with Crippen molar-refractivity contribution >= 4 is 58.4 Å². The van der Waals surface area contributed by atoms with Gasteiger partial charge in [-0.1, -0.05) is 95.7 Å². The van der Waals surface area contributed by atoms with Crippen LogP contribution in [0.15, 0.2) is 125 Å². The maximum absolute atomic E-state index is 13.7. The zero-order valence-corrected chi connectivity index (χ0v) is 26.4. The van der Waals surface area contributed by atoms with Gasteiger partial charge in [0.05, 0.1) is 12.9 Å². The van der Waals surface area contributed by atoms with Gasteiger partial charge in [-0.25, -0.2) is 18.6 Å². The van der Waals surface area contributed by atoms with Crippen LogP contribution in [0, 0.1) is 17.2 Å². The molecule has 1 amide bonds. The van der Waals surface area contributed by atoms with E-state index in [-0.39, 0.29) is 11.7 Å². The summed E-state index contributed by atoms with van der Waals surface area (Å²) in [4.78, 5) is 25.8. The van der Waals surface area contributed by atoms with Crippen LogP contribution in [-0.2, 0) is 9.53 Å². The van der Waals surface area contributed by atoms with Crippen molar-refractivity contribution in [3.8, 4) is 0 Å². The Balaban J connectivity index is 0.000000934. The first-order valence-corrected chi connectivity index (χ1v) is 17.0. The third-order valence-electron chi connectivity index (χ3n) is 6.04. The monoisotopic (exact) mass is 659 g/mol. The normalized spacial score (nSPS) is 11.9. The van der Waals surface area contributed by atoms with Crippen molar-refractivity contribution < 1.29 is 43.2 Å². The molecular weight excluding hydrogens is 632 g/mol. The molecule has 0 saturated heterocycles. The number of carbonyl (C=O) groups is 2. The Bertz CT molecular complexity index is 1420. The second-order valence-electron chi connectivity index (χ2n) is 8.86. The molecular formula is C31H28Cl2NO7PS. The van der Waals surface area contributed by atoms with Gasteiger partial charge in [-0.3, -0.25) is 14.9 Å². The summed E-state index contributed by atoms with van der Waals surface area (Å²) in [5, 5.41) is 6.28. The number of carbonyl (C=O) groups excluding carboxylic acids is 2. The standard InChI is InChI=1S/C31H27ClNO3PS.ClHO4/c1-23-18-20-24(21-19-23)30(35)33-31(29(32)38-22-28(34)36-2)37(25-12-6-3-7-13-25,26-14-8-4-9-15-26)27-16-10-5-11-17-27;2-1(3,4)5/h3-21H,22H2,1-2H3;(H,2,3,4,5). The van der Waals surface area contributed by atoms with E-state index in [1.165, 1.54) is 7.11 Å². The minimum absolute atomic E-state index is 0.0115. The molecule has 0 saturated carbocycles. The van der Waals surface area contributed by atoms with Gasteiger partial charge < -0.3 is 4.74 Å². The highest BCUT2D eigenvalue weighted by Gasteiger charge is 2.52. The zero-order chi connectivity index (χ0) is 31.5. The molecule has 43 heavy (non-hydrogen) atoms. The molecule has 0 aliphatic carbocycles. The molecule has 4 aromatic carbocycles. The number of hydrogen-bond acceptors (Lipinski definition) is 8. The van der Waals surface area contributed by atoms with Crippen molar-refractivity contribution in [3.63, 3.8) is 0 Å². The molecule has 0 aliphatic rings. The fraction of sp³-hybridized carbons (Fsp3) is 0.0968. The van der Waals surface area contributed by atoms with Crippen molar-refractivity contribution in [2.24, 2.45) is 0 Å². The largest absolute Gasteiger partial charge is 0.468 e. The van der Waals surface area contributed by atoms with E-state index in [2.05, 4.69) is 41.7 Å². The molecule has 8 nitrogen and oxygen atoms in total. The highest BCUT2D eigenvalue weighted by Crippen LogP contribution is 2.63. The number of rotatable bonds is 9. The van der Waals surface area contributed by atoms with Gasteiger partial charge in [0.25, 0.3) is 5.91 Å². The smallest absolute Gasteiger partial charge is 0.316 e. The number of aryl methyl sites for hydroxylation is 1. The van der Waals surface area contributed by atoms with Gasteiger partial charge in [-0.2, -0.15) is 0 Å². The van der Waals surface area contributed by atoms with Crippen molar-refractivity contribution in [2.45, 2.75) is 6.92 Å². The third kappa shape index (κ3) is 9.63. The molecule has 0 fully saturated rings. The van der Waals surface area contributed by atoms with Crippen LogP contribution < -0.4 is 39.9 Å². The number of thioether (sulfide) groups is 1. The summed E-state index contributed by atoms with van der Waals surface area (Å²) in [6.07, 6.45) is 0. The molecule has 0 unspecified atom stereocenters. The number of methoxy groups -OCH3 is 1. The molecule has 0 aliphatic heterocycles. The zero-order valence-electron chi connectivity index (χ0n) is 23.1. The van der Waals surface area contributed by atoms with E-state index in [0.717, 1.165) is 33.2 Å². The van der Waals surface area contributed by atoms with Gasteiger partial charge in [0.15, 0.2) is 7.26 Å². The molecule has 0 aromatic heterocycles. The molecule has 12 heteroatoms. The molecule has 0 spiro atoms. The molecule has 224 valence electrons. The Morgan fingerprint density at radius 3 is 1.53 bits per heavy atom. The molecule has 1 N–H and O–H groups in total. The molecule has 0 bridgehead atoms. The topological polar surface area (TPSA) is 148 Å². The Labute approximate surface area is 262 Å². The number of nitrogens with one attached hydrogen (secondary N) is 1. The fourth-order valence-corrected chi connectivity index (χ4v) is 9.99. The Kier molecular flexibility index (Phi) is 12.7. The maximum atomic E-state index is 13.7. The highest BCUT2D eigenvalue weighted by atomic mass is 35.7. The lowest BCUT2D eigenvalue weighted by Crippen LogP contribution is -2.68. The lowest BCUT2D eigenvalue weighted by molar-refractivity contribution is -2.00. The van der Waals surface area contributed by atoms with E-state index in [4.69, 9.17) is 35.0 Å². The van der Waals surface area contributed by atoms with Crippen LogP contribution >= 0.6 is 30.6 Å². The maximum Gasteiger partial charge on any atom is 0.316 e. The minimum atomic E-state index is -4.94. The van der Waals surface area contributed by atoms with Crippen LogP contribution in [0.1, 0.15) is 15.9 Å². The summed E-state index contributed by atoms with van der Waals surface area (Å²) < 4.78 is 39.2. The Hall–Kier alpha value is -3.24. The van der Waals surface area contributed by atoms with Crippen LogP contribution in [0.3, 0.4) is 0 Å². The molecule has 0 atom stereocenters. The predicted molar refractivity (Wildman–Crippen MR) is 161 cm³/mol. The van der Waals surface area contributed by atoms with Crippen molar-refractivity contribution in [2.75, 3.05) is 12.9 Å². The minimum Gasteiger partial charge on any atom is -0.468 e. The van der Waals surface area contributed by atoms with Crippen LogP contribution in [0.5, 0.6) is 0 Å². The predicted octanol–water partition coefficient (Wildman–Crippen LogP) is 1.23. The summed E-state index contributed by atoms with van der Waals surface area (Å²) in [5.41, 5.74) is 2.15. The average molecular weight is 661 g/mol. The second kappa shape index (κ2) is 16.0. The first kappa shape index (κ1) is 34.3. The molecule has 0 radical (unpaired) electrons. The van der Waals surface area contributed by atoms with Crippen LogP contribution in [0.4, 0.5) is 0 Å². The average Bonchev–Trinajstić information content (AvgIpc) is 3.00. The van der Waals surface area contributed by atoms with Gasteiger partial charge in [-0.15, -0.1) is 10.2 Å². The van der Waals surface area contributed by atoms with Gasteiger partial charge >= 0.3 is 5.97 Å². The van der Waals surface area contributed by atoms with Gasteiger partial charge in [0.1, 0.15) is 20.3 Å². The first-order valence-electron chi connectivity index (χ1n) is 12.6. The lowest BCUT2D eigenvalue weighted by Gasteiger charge is -2.30. The summed E-state index contributed by atoms with van der Waals surface area (Å²) >= 11 is 8.24. The molecule has 4 rings (SSSR count). The van der Waals surface area contributed by atoms with E-state index in [9.17, 15) is 9.59 Å². The van der Waals surface area contributed by atoms with Crippen molar-refractivity contribution in [1.29, 1.82) is 0 Å². The summed E-state index contributed by atoms with van der Waals surface area (Å²) in [5.74, 6) is -0.665. The van der Waals surface area contributed by atoms with E-state index in [1.54, 1.807) is 12.1 Å². The Morgan fingerprint density at radius 1 is 0.767 bits per heavy atom. The fourth-order valence-electron chi connectivity index (χ4n) is 4.19. The SMILES string of the molecule is COC(=O)CSC(Cl)=C(NC(=O)c1ccc(C)cc1)[P+](c1ccccc1)(c1ccccc1)c1ccccc1.[O-][Cl+3]([O-])([O-])[O-]. The number of esters is 1. The van der Waals surface area contributed by atoms with E-state index in [1.807, 2.05) is 73.7 Å². The molecule has 0 heterocycles. The first-order chi connectivity index (χ1) is 20.5. The van der Waals surface area contributed by atoms with Gasteiger partial charge in [0.2, 0.25) is 5.44 Å². The summed E-state index contributed by atoms with van der Waals surface area (Å²) in [7, 11) is -6.33. The number of hydrogen-bond donors (Lipinski definition) is 1. The second-order valence-corrected chi connectivity index (χ2v) is 14.5. The number of amides is 1. The summed E-state index contributed by atoms with van der Waals surface area (Å²) in [6.45, 7) is 1.98. The third-order valence-corrected chi connectivity index (χ3v) is 11.9. The number of ether oxygens (including phenoxy) is 1. The Morgan fingerprint density at radius 2 is 1.16 bits per heavy atom. The highest BCUT2D eigenvalue weighted by molar-refractivity contribution is 8.06. The summed E-state index contributed by atoms with van der Waals surface area (Å²) in [6, 6.07) is 37.7. The van der Waals surface area contributed by atoms with Crippen LogP contribution in [-0.4, -0.2) is 24.7 Å². The quantitative estimate of drug-likeness (QED) is 0.208. The molecule has 4 aromatic rings. The lowest BCUT2D eigenvalue weighted by atomic mass is 10.1. The van der Waals surface area contributed by atoms with Gasteiger partial charge in [0, 0.05) is 5.56 Å². The van der Waals surface area contributed by atoms with E-state index < -0.39 is 23.5 Å². The van der Waals surface area contributed by atoms with Gasteiger partial charge in [-0.05, 0) is 55.5 Å². The van der Waals surface area contributed by atoms with E-state index in [0.29, 0.717) is 15.4 Å². The number of benzene rings is 4. The van der Waals surface area contributed by atoms with Crippen LogP contribution in [0.2, 0.25) is 0 Å². The number of halogens is 2. The van der Waals surface area contributed by atoms with Crippen molar-refractivity contribution in [3.05, 3.63) is 136 Å².